The first-order valence-electron chi connectivity index (χ1n) is 8.34. The highest BCUT2D eigenvalue weighted by Gasteiger charge is 2.26. The lowest BCUT2D eigenvalue weighted by atomic mass is 10.0. The molecule has 0 bridgehead atoms. The van der Waals surface area contributed by atoms with Crippen molar-refractivity contribution in [1.29, 1.82) is 0 Å². The number of hydrogen-bond acceptors (Lipinski definition) is 5. The van der Waals surface area contributed by atoms with Crippen molar-refractivity contribution in [2.75, 3.05) is 13.1 Å². The van der Waals surface area contributed by atoms with Crippen molar-refractivity contribution >= 4 is 5.91 Å². The van der Waals surface area contributed by atoms with Crippen molar-refractivity contribution in [2.24, 2.45) is 0 Å². The van der Waals surface area contributed by atoms with Gasteiger partial charge in [0.15, 0.2) is 0 Å². The Bertz CT molecular complexity index is 854. The van der Waals surface area contributed by atoms with E-state index in [1.54, 1.807) is 4.68 Å². The summed E-state index contributed by atoms with van der Waals surface area (Å²) in [5.74, 6) is 1.05. The zero-order chi connectivity index (χ0) is 17.2. The van der Waals surface area contributed by atoms with Gasteiger partial charge in [-0.15, -0.1) is 5.10 Å². The minimum Gasteiger partial charge on any atom is -0.337 e. The number of aromatic nitrogens is 6. The normalized spacial score (nSPS) is 17.6. The van der Waals surface area contributed by atoms with Gasteiger partial charge in [-0.1, -0.05) is 0 Å². The number of hydrogen-bond donors (Lipinski definition) is 0. The fraction of sp³-hybridized carbons (Fsp3) is 0.353. The van der Waals surface area contributed by atoms with Crippen LogP contribution >= 0.6 is 0 Å². The van der Waals surface area contributed by atoms with Crippen molar-refractivity contribution < 1.29 is 4.79 Å². The molecule has 1 fully saturated rings. The summed E-state index contributed by atoms with van der Waals surface area (Å²) in [7, 11) is 0. The SMILES string of the molecule is Cc1nccn1C1CCCN(C(=O)c2ccc(-n3cnnn3)cc2)C1. The van der Waals surface area contributed by atoms with E-state index < -0.39 is 0 Å². The third-order valence-electron chi connectivity index (χ3n) is 4.67. The summed E-state index contributed by atoms with van der Waals surface area (Å²) < 4.78 is 3.73. The van der Waals surface area contributed by atoms with Crippen molar-refractivity contribution in [3.8, 4) is 5.69 Å². The highest BCUT2D eigenvalue weighted by atomic mass is 16.2. The second kappa shape index (κ2) is 6.46. The Morgan fingerprint density at radius 2 is 2.08 bits per heavy atom. The molecule has 1 aliphatic heterocycles. The molecule has 128 valence electrons. The molecule has 0 saturated carbocycles. The maximum absolute atomic E-state index is 12.9. The Morgan fingerprint density at radius 1 is 1.24 bits per heavy atom. The summed E-state index contributed by atoms with van der Waals surface area (Å²) in [5, 5.41) is 11.1. The number of piperidine rings is 1. The molecule has 0 N–H and O–H groups in total. The van der Waals surface area contributed by atoms with Gasteiger partial charge in [0, 0.05) is 31.0 Å². The summed E-state index contributed by atoms with van der Waals surface area (Å²) in [6.45, 7) is 3.50. The standard InChI is InChI=1S/C17H19N7O/c1-13-18-8-10-23(13)16-3-2-9-22(11-16)17(25)14-4-6-15(7-5-14)24-12-19-20-21-24/h4-8,10,12,16H,2-3,9,11H2,1H3. The van der Waals surface area contributed by atoms with Gasteiger partial charge in [-0.05, 0) is 54.5 Å². The third-order valence-corrected chi connectivity index (χ3v) is 4.67. The molecule has 8 nitrogen and oxygen atoms in total. The average molecular weight is 337 g/mol. The third kappa shape index (κ3) is 3.02. The highest BCUT2D eigenvalue weighted by Crippen LogP contribution is 2.24. The van der Waals surface area contributed by atoms with Gasteiger partial charge in [-0.25, -0.2) is 9.67 Å². The monoisotopic (exact) mass is 337 g/mol. The van der Waals surface area contributed by atoms with Crippen molar-refractivity contribution in [3.63, 3.8) is 0 Å². The van der Waals surface area contributed by atoms with Gasteiger partial charge in [0.2, 0.25) is 0 Å². The van der Waals surface area contributed by atoms with Gasteiger partial charge in [0.1, 0.15) is 12.2 Å². The fourth-order valence-corrected chi connectivity index (χ4v) is 3.36. The molecular weight excluding hydrogens is 318 g/mol. The highest BCUT2D eigenvalue weighted by molar-refractivity contribution is 5.94. The van der Waals surface area contributed by atoms with Crippen LogP contribution in [-0.4, -0.2) is 53.7 Å². The molecule has 8 heteroatoms. The molecule has 0 radical (unpaired) electrons. The molecule has 25 heavy (non-hydrogen) atoms. The fourth-order valence-electron chi connectivity index (χ4n) is 3.36. The van der Waals surface area contributed by atoms with Gasteiger partial charge in [-0.3, -0.25) is 4.79 Å². The van der Waals surface area contributed by atoms with Crippen LogP contribution in [0.1, 0.15) is 35.1 Å². The predicted molar refractivity (Wildman–Crippen MR) is 90.3 cm³/mol. The van der Waals surface area contributed by atoms with Crippen LogP contribution in [0.15, 0.2) is 43.0 Å². The molecular formula is C17H19N7O. The number of aryl methyl sites for hydroxylation is 1. The van der Waals surface area contributed by atoms with Gasteiger partial charge < -0.3 is 9.47 Å². The topological polar surface area (TPSA) is 81.7 Å². The number of likely N-dealkylation sites (tertiary alicyclic amines) is 1. The molecule has 1 amide bonds. The van der Waals surface area contributed by atoms with Crippen LogP contribution in [0.5, 0.6) is 0 Å². The van der Waals surface area contributed by atoms with Gasteiger partial charge >= 0.3 is 0 Å². The molecule has 2 aromatic heterocycles. The predicted octanol–water partition coefficient (Wildman–Crippen LogP) is 1.64. The lowest BCUT2D eigenvalue weighted by molar-refractivity contribution is 0.0678. The van der Waals surface area contributed by atoms with Crippen molar-refractivity contribution in [3.05, 3.63) is 54.4 Å². The molecule has 1 atom stereocenters. The molecule has 3 aromatic rings. The number of nitrogens with zero attached hydrogens (tertiary/aromatic N) is 7. The van der Waals surface area contributed by atoms with Crippen LogP contribution in [0.25, 0.3) is 5.69 Å². The number of benzene rings is 1. The first kappa shape index (κ1) is 15.5. The van der Waals surface area contributed by atoms with E-state index in [9.17, 15) is 4.79 Å². The summed E-state index contributed by atoms with van der Waals surface area (Å²) in [5.41, 5.74) is 1.51. The molecule has 0 aliphatic carbocycles. The quantitative estimate of drug-likeness (QED) is 0.726. The van der Waals surface area contributed by atoms with Gasteiger partial charge in [0.25, 0.3) is 5.91 Å². The first-order valence-corrected chi connectivity index (χ1v) is 8.34. The molecule has 1 aromatic carbocycles. The number of carbonyl (C=O) groups is 1. The Labute approximate surface area is 145 Å². The van der Waals surface area contributed by atoms with Crippen LogP contribution in [0.4, 0.5) is 0 Å². The maximum Gasteiger partial charge on any atom is 0.253 e. The average Bonchev–Trinajstić information content (AvgIpc) is 3.33. The van der Waals surface area contributed by atoms with E-state index in [0.29, 0.717) is 18.2 Å². The van der Waals surface area contributed by atoms with Crippen LogP contribution in [0.2, 0.25) is 0 Å². The smallest absolute Gasteiger partial charge is 0.253 e. The molecule has 0 spiro atoms. The summed E-state index contributed by atoms with van der Waals surface area (Å²) in [6, 6.07) is 7.65. The molecule has 4 rings (SSSR count). The van der Waals surface area contributed by atoms with Crippen LogP contribution in [0.3, 0.4) is 0 Å². The van der Waals surface area contributed by atoms with Crippen molar-refractivity contribution in [2.45, 2.75) is 25.8 Å². The largest absolute Gasteiger partial charge is 0.337 e. The lowest BCUT2D eigenvalue weighted by Gasteiger charge is -2.34. The Kier molecular flexibility index (Phi) is 4.01. The van der Waals surface area contributed by atoms with E-state index >= 15 is 0 Å². The lowest BCUT2D eigenvalue weighted by Crippen LogP contribution is -2.40. The summed E-state index contributed by atoms with van der Waals surface area (Å²) >= 11 is 0. The zero-order valence-corrected chi connectivity index (χ0v) is 14.0. The van der Waals surface area contributed by atoms with E-state index in [1.807, 2.05) is 48.5 Å². The van der Waals surface area contributed by atoms with Crippen molar-refractivity contribution in [1.82, 2.24) is 34.7 Å². The number of tetrazole rings is 1. The van der Waals surface area contributed by atoms with Gasteiger partial charge in [-0.2, -0.15) is 0 Å². The number of carbonyl (C=O) groups excluding carboxylic acids is 1. The van der Waals surface area contributed by atoms with E-state index in [0.717, 1.165) is 30.9 Å². The van der Waals surface area contributed by atoms with E-state index in [1.165, 1.54) is 6.33 Å². The summed E-state index contributed by atoms with van der Waals surface area (Å²) in [6.07, 6.45) is 7.40. The summed E-state index contributed by atoms with van der Waals surface area (Å²) in [4.78, 5) is 19.1. The van der Waals surface area contributed by atoms with Gasteiger partial charge in [0.05, 0.1) is 11.7 Å². The molecule has 3 heterocycles. The minimum absolute atomic E-state index is 0.0609. The Balaban J connectivity index is 1.49. The maximum atomic E-state index is 12.9. The second-order valence-electron chi connectivity index (χ2n) is 6.23. The van der Waals surface area contributed by atoms with E-state index in [-0.39, 0.29) is 5.91 Å². The first-order chi connectivity index (χ1) is 12.2. The molecule has 1 unspecified atom stereocenters. The minimum atomic E-state index is 0.0609. The Morgan fingerprint density at radius 3 is 2.76 bits per heavy atom. The Hall–Kier alpha value is -3.03. The molecule has 1 aliphatic rings. The number of rotatable bonds is 3. The number of imidazole rings is 1. The zero-order valence-electron chi connectivity index (χ0n) is 14.0. The van der Waals surface area contributed by atoms with E-state index in [4.69, 9.17) is 0 Å². The van der Waals surface area contributed by atoms with E-state index in [2.05, 4.69) is 25.1 Å². The second-order valence-corrected chi connectivity index (χ2v) is 6.23. The van der Waals surface area contributed by atoms with Crippen LogP contribution < -0.4 is 0 Å². The number of amides is 1. The van der Waals surface area contributed by atoms with Crippen LogP contribution in [-0.2, 0) is 0 Å². The molecule has 1 saturated heterocycles. The van der Waals surface area contributed by atoms with Crippen LogP contribution in [0, 0.1) is 6.92 Å².